The highest BCUT2D eigenvalue weighted by atomic mass is 35.5. The van der Waals surface area contributed by atoms with Gasteiger partial charge >= 0.3 is 0 Å². The van der Waals surface area contributed by atoms with Gasteiger partial charge in [-0.15, -0.1) is 11.3 Å². The van der Waals surface area contributed by atoms with Gasteiger partial charge in [0.25, 0.3) is 5.91 Å². The van der Waals surface area contributed by atoms with Gasteiger partial charge in [0.15, 0.2) is 4.80 Å². The van der Waals surface area contributed by atoms with Gasteiger partial charge in [-0.2, -0.15) is 4.99 Å². The normalized spacial score (nSPS) is 11.4. The van der Waals surface area contributed by atoms with Crippen molar-refractivity contribution in [2.75, 3.05) is 0 Å². The largest absolute Gasteiger partial charge is 0.327 e. The van der Waals surface area contributed by atoms with Gasteiger partial charge in [0.2, 0.25) is 5.11 Å². The summed E-state index contributed by atoms with van der Waals surface area (Å²) in [7, 11) is 1.86. The lowest BCUT2D eigenvalue weighted by atomic mass is 10.2. The van der Waals surface area contributed by atoms with Gasteiger partial charge in [0, 0.05) is 29.2 Å². The third-order valence-corrected chi connectivity index (χ3v) is 3.58. The highest BCUT2D eigenvalue weighted by Gasteiger charge is 2.06. The van der Waals surface area contributed by atoms with Gasteiger partial charge in [0.1, 0.15) is 0 Å². The molecular formula is C12H10ClN3OS2. The number of benzene rings is 1. The first-order valence-corrected chi connectivity index (χ1v) is 6.98. The summed E-state index contributed by atoms with van der Waals surface area (Å²) in [5, 5.41) is 5.16. The summed E-state index contributed by atoms with van der Waals surface area (Å²) in [5.41, 5.74) is 0.484. The van der Waals surface area contributed by atoms with Crippen molar-refractivity contribution in [3.63, 3.8) is 0 Å². The molecule has 7 heteroatoms. The summed E-state index contributed by atoms with van der Waals surface area (Å²) in [6.07, 6.45) is 1.87. The third kappa shape index (κ3) is 3.73. The summed E-state index contributed by atoms with van der Waals surface area (Å²) in [5.74, 6) is -0.301. The van der Waals surface area contributed by atoms with E-state index < -0.39 is 0 Å². The molecule has 0 spiro atoms. The van der Waals surface area contributed by atoms with Crippen LogP contribution < -0.4 is 10.1 Å². The summed E-state index contributed by atoms with van der Waals surface area (Å²) < 4.78 is 1.82. The molecule has 0 aliphatic rings. The lowest BCUT2D eigenvalue weighted by Gasteiger charge is -2.02. The number of carbonyl (C=O) groups is 1. The van der Waals surface area contributed by atoms with Gasteiger partial charge in [0.05, 0.1) is 0 Å². The summed E-state index contributed by atoms with van der Waals surface area (Å²) in [4.78, 5) is 16.8. The smallest absolute Gasteiger partial charge is 0.257 e. The number of thiazole rings is 1. The first-order chi connectivity index (χ1) is 9.06. The van der Waals surface area contributed by atoms with Crippen molar-refractivity contribution in [1.29, 1.82) is 0 Å². The van der Waals surface area contributed by atoms with Crippen molar-refractivity contribution in [2.45, 2.75) is 0 Å². The first kappa shape index (κ1) is 13.9. The molecule has 0 fully saturated rings. The number of carbonyl (C=O) groups excluding carboxylic acids is 1. The minimum atomic E-state index is -0.301. The van der Waals surface area contributed by atoms with Gasteiger partial charge < -0.3 is 4.57 Å². The Balaban J connectivity index is 2.10. The standard InChI is InChI=1S/C12H10ClN3OS2/c1-16-6-7-19-12(16)15-11(18)14-10(17)8-2-4-9(13)5-3-8/h2-7H,1H3,(H,14,17,18). The summed E-state index contributed by atoms with van der Waals surface area (Å²) >= 11 is 12.2. The predicted octanol–water partition coefficient (Wildman–Crippen LogP) is 2.36. The molecule has 0 bridgehead atoms. The van der Waals surface area contributed by atoms with E-state index in [4.69, 9.17) is 23.8 Å². The van der Waals surface area contributed by atoms with E-state index in [1.165, 1.54) is 11.3 Å². The van der Waals surface area contributed by atoms with Crippen LogP contribution in [0.4, 0.5) is 0 Å². The number of rotatable bonds is 1. The molecule has 1 heterocycles. The molecule has 1 amide bonds. The van der Waals surface area contributed by atoms with Crippen LogP contribution in [0.5, 0.6) is 0 Å². The maximum absolute atomic E-state index is 11.9. The second-order valence-electron chi connectivity index (χ2n) is 3.67. The molecule has 1 N–H and O–H groups in total. The average molecular weight is 312 g/mol. The zero-order chi connectivity index (χ0) is 13.8. The maximum atomic E-state index is 11.9. The number of aryl methyl sites for hydroxylation is 1. The number of amides is 1. The number of aromatic nitrogens is 1. The van der Waals surface area contributed by atoms with Crippen molar-refractivity contribution >= 4 is 46.2 Å². The molecule has 0 saturated carbocycles. The SMILES string of the molecule is Cn1ccsc1=NC(=S)NC(=O)c1ccc(Cl)cc1. The Morgan fingerprint density at radius 1 is 1.42 bits per heavy atom. The van der Waals surface area contributed by atoms with Gasteiger partial charge in [-0.05, 0) is 36.5 Å². The molecule has 0 unspecified atom stereocenters. The van der Waals surface area contributed by atoms with E-state index in [-0.39, 0.29) is 11.0 Å². The quantitative estimate of drug-likeness (QED) is 0.822. The fourth-order valence-corrected chi connectivity index (χ4v) is 2.42. The van der Waals surface area contributed by atoms with Gasteiger partial charge in [-0.3, -0.25) is 10.1 Å². The van der Waals surface area contributed by atoms with Crippen molar-refractivity contribution in [3.8, 4) is 0 Å². The molecule has 2 aromatic rings. The van der Waals surface area contributed by atoms with Crippen LogP contribution >= 0.6 is 35.2 Å². The zero-order valence-electron chi connectivity index (χ0n) is 9.96. The van der Waals surface area contributed by atoms with Crippen LogP contribution in [0.3, 0.4) is 0 Å². The van der Waals surface area contributed by atoms with E-state index in [9.17, 15) is 4.79 Å². The Labute approximate surface area is 124 Å². The maximum Gasteiger partial charge on any atom is 0.257 e. The molecule has 1 aromatic carbocycles. The van der Waals surface area contributed by atoms with E-state index in [0.717, 1.165) is 4.80 Å². The molecule has 0 aliphatic heterocycles. The van der Waals surface area contributed by atoms with Crippen LogP contribution in [-0.2, 0) is 7.05 Å². The van der Waals surface area contributed by atoms with Gasteiger partial charge in [-0.1, -0.05) is 11.6 Å². The van der Waals surface area contributed by atoms with Crippen molar-refractivity contribution in [2.24, 2.45) is 12.0 Å². The molecule has 0 saturated heterocycles. The molecule has 4 nitrogen and oxygen atoms in total. The monoisotopic (exact) mass is 311 g/mol. The van der Waals surface area contributed by atoms with Crippen molar-refractivity contribution in [3.05, 3.63) is 51.2 Å². The molecule has 2 rings (SSSR count). The fraction of sp³-hybridized carbons (Fsp3) is 0.0833. The first-order valence-electron chi connectivity index (χ1n) is 5.32. The molecule has 98 valence electrons. The molecular weight excluding hydrogens is 302 g/mol. The number of nitrogens with zero attached hydrogens (tertiary/aromatic N) is 2. The van der Waals surface area contributed by atoms with Crippen LogP contribution in [0, 0.1) is 0 Å². The van der Waals surface area contributed by atoms with Crippen LogP contribution in [0.15, 0.2) is 40.8 Å². The molecule has 1 aromatic heterocycles. The second-order valence-corrected chi connectivity index (χ2v) is 5.37. The lowest BCUT2D eigenvalue weighted by Crippen LogP contribution is -2.29. The fourth-order valence-electron chi connectivity index (χ4n) is 1.32. The Morgan fingerprint density at radius 3 is 2.68 bits per heavy atom. The van der Waals surface area contributed by atoms with E-state index in [2.05, 4.69) is 10.3 Å². The number of hydrogen-bond acceptors (Lipinski definition) is 3. The summed E-state index contributed by atoms with van der Waals surface area (Å²) in [6.45, 7) is 0. The summed E-state index contributed by atoms with van der Waals surface area (Å²) in [6, 6.07) is 6.56. The molecule has 0 aliphatic carbocycles. The Hall–Kier alpha value is -1.50. The average Bonchev–Trinajstić information content (AvgIpc) is 2.75. The Kier molecular flexibility index (Phi) is 4.47. The van der Waals surface area contributed by atoms with Crippen LogP contribution in [-0.4, -0.2) is 15.6 Å². The van der Waals surface area contributed by atoms with E-state index in [1.807, 2.05) is 23.2 Å². The van der Waals surface area contributed by atoms with Crippen molar-refractivity contribution < 1.29 is 4.79 Å². The number of hydrogen-bond donors (Lipinski definition) is 1. The molecule has 19 heavy (non-hydrogen) atoms. The minimum Gasteiger partial charge on any atom is -0.327 e. The van der Waals surface area contributed by atoms with Crippen molar-refractivity contribution in [1.82, 2.24) is 9.88 Å². The van der Waals surface area contributed by atoms with E-state index >= 15 is 0 Å². The highest BCUT2D eigenvalue weighted by Crippen LogP contribution is 2.09. The number of thiocarbonyl (C=S) groups is 1. The van der Waals surface area contributed by atoms with Crippen LogP contribution in [0.1, 0.15) is 10.4 Å². The Morgan fingerprint density at radius 2 is 2.11 bits per heavy atom. The minimum absolute atomic E-state index is 0.137. The zero-order valence-corrected chi connectivity index (χ0v) is 12.4. The van der Waals surface area contributed by atoms with Crippen LogP contribution in [0.25, 0.3) is 0 Å². The number of halogens is 1. The molecule has 0 atom stereocenters. The number of nitrogens with one attached hydrogen (secondary N) is 1. The van der Waals surface area contributed by atoms with Gasteiger partial charge in [-0.25, -0.2) is 0 Å². The Bertz CT molecular complexity index is 673. The van der Waals surface area contributed by atoms with E-state index in [0.29, 0.717) is 10.6 Å². The topological polar surface area (TPSA) is 46.4 Å². The predicted molar refractivity (Wildman–Crippen MR) is 80.4 cm³/mol. The second kappa shape index (κ2) is 6.10. The van der Waals surface area contributed by atoms with Crippen LogP contribution in [0.2, 0.25) is 5.02 Å². The highest BCUT2D eigenvalue weighted by molar-refractivity contribution is 7.80. The third-order valence-electron chi connectivity index (χ3n) is 2.28. The van der Waals surface area contributed by atoms with E-state index in [1.54, 1.807) is 24.3 Å². The molecule has 0 radical (unpaired) electrons. The lowest BCUT2D eigenvalue weighted by molar-refractivity contribution is 0.0977.